The maximum atomic E-state index is 6.41. The Morgan fingerprint density at radius 2 is 2.14 bits per heavy atom. The summed E-state index contributed by atoms with van der Waals surface area (Å²) >= 11 is 9.50. The molecule has 0 fully saturated rings. The van der Waals surface area contributed by atoms with Gasteiger partial charge < -0.3 is 4.42 Å². The first-order chi connectivity index (χ1) is 10.1. The van der Waals surface area contributed by atoms with Crippen LogP contribution >= 0.6 is 34.7 Å². The second kappa shape index (κ2) is 6.22. The molecule has 0 saturated carbocycles. The number of hydrogen-bond acceptors (Lipinski definition) is 5. The van der Waals surface area contributed by atoms with Gasteiger partial charge in [0.1, 0.15) is 4.88 Å². The minimum absolute atomic E-state index is 0.487. The highest BCUT2D eigenvalue weighted by Gasteiger charge is 2.17. The van der Waals surface area contributed by atoms with E-state index in [0.29, 0.717) is 16.1 Å². The van der Waals surface area contributed by atoms with Crippen molar-refractivity contribution in [2.75, 3.05) is 5.75 Å². The molecule has 0 saturated heterocycles. The van der Waals surface area contributed by atoms with Crippen LogP contribution in [-0.2, 0) is 0 Å². The Morgan fingerprint density at radius 3 is 2.90 bits per heavy atom. The summed E-state index contributed by atoms with van der Waals surface area (Å²) in [6.45, 7) is 4.13. The molecule has 0 radical (unpaired) electrons. The van der Waals surface area contributed by atoms with Gasteiger partial charge in [-0.25, -0.2) is 0 Å². The van der Waals surface area contributed by atoms with Crippen molar-refractivity contribution in [1.82, 2.24) is 10.2 Å². The molecule has 2 aromatic heterocycles. The van der Waals surface area contributed by atoms with E-state index in [1.165, 1.54) is 17.3 Å². The lowest BCUT2D eigenvalue weighted by molar-refractivity contribution is 0.467. The Balaban J connectivity index is 1.88. The van der Waals surface area contributed by atoms with E-state index in [4.69, 9.17) is 16.0 Å². The molecule has 6 heteroatoms. The van der Waals surface area contributed by atoms with E-state index in [0.717, 1.165) is 20.7 Å². The normalized spacial score (nSPS) is 11.0. The monoisotopic (exact) mass is 336 g/mol. The molecule has 1 aromatic carbocycles. The van der Waals surface area contributed by atoms with Crippen LogP contribution in [0.15, 0.2) is 45.6 Å². The number of fused-ring (bicyclic) bond motifs is 1. The fraction of sp³-hybridized carbons (Fsp3) is 0.200. The van der Waals surface area contributed by atoms with E-state index in [1.54, 1.807) is 11.3 Å². The van der Waals surface area contributed by atoms with Crippen LogP contribution in [0.4, 0.5) is 0 Å². The van der Waals surface area contributed by atoms with Crippen LogP contribution in [0.1, 0.15) is 13.8 Å². The lowest BCUT2D eigenvalue weighted by atomic mass is 10.2. The van der Waals surface area contributed by atoms with Gasteiger partial charge in [0, 0.05) is 15.8 Å². The third-order valence-corrected chi connectivity index (χ3v) is 5.24. The first kappa shape index (κ1) is 14.6. The maximum absolute atomic E-state index is 6.41. The molecule has 108 valence electrons. The molecule has 2 heterocycles. The smallest absolute Gasteiger partial charge is 0.277 e. The van der Waals surface area contributed by atoms with E-state index in [2.05, 4.69) is 30.1 Å². The summed E-state index contributed by atoms with van der Waals surface area (Å²) in [5.74, 6) is 1.31. The maximum Gasteiger partial charge on any atom is 0.277 e. The first-order valence-corrected chi connectivity index (χ1v) is 8.60. The predicted molar refractivity (Wildman–Crippen MR) is 90.3 cm³/mol. The molecular weight excluding hydrogens is 324 g/mol. The highest BCUT2D eigenvalue weighted by atomic mass is 35.5. The largest absolute Gasteiger partial charge is 0.410 e. The average Bonchev–Trinajstić information content (AvgIpc) is 3.04. The quantitative estimate of drug-likeness (QED) is 0.455. The van der Waals surface area contributed by atoms with E-state index in [1.807, 2.05) is 24.3 Å². The molecule has 3 aromatic rings. The van der Waals surface area contributed by atoms with Crippen molar-refractivity contribution < 1.29 is 4.42 Å². The van der Waals surface area contributed by atoms with Gasteiger partial charge in [-0.2, -0.15) is 0 Å². The highest BCUT2D eigenvalue weighted by molar-refractivity contribution is 7.99. The lowest BCUT2D eigenvalue weighted by Crippen LogP contribution is -1.75. The number of rotatable bonds is 4. The molecule has 0 amide bonds. The Bertz CT molecular complexity index is 803. The summed E-state index contributed by atoms with van der Waals surface area (Å²) < 4.78 is 6.82. The molecule has 0 aliphatic carbocycles. The van der Waals surface area contributed by atoms with Crippen LogP contribution in [0, 0.1) is 0 Å². The fourth-order valence-corrected chi connectivity index (χ4v) is 4.02. The van der Waals surface area contributed by atoms with Crippen molar-refractivity contribution in [3.05, 3.63) is 40.9 Å². The van der Waals surface area contributed by atoms with Crippen molar-refractivity contribution in [3.63, 3.8) is 0 Å². The molecule has 0 bridgehead atoms. The summed E-state index contributed by atoms with van der Waals surface area (Å²) in [5.41, 5.74) is 1.27. The summed E-state index contributed by atoms with van der Waals surface area (Å²) in [7, 11) is 0. The number of halogens is 1. The van der Waals surface area contributed by atoms with Gasteiger partial charge in [-0.15, -0.1) is 21.5 Å². The van der Waals surface area contributed by atoms with Crippen molar-refractivity contribution in [3.8, 4) is 10.8 Å². The minimum atomic E-state index is 0.487. The van der Waals surface area contributed by atoms with Gasteiger partial charge in [-0.1, -0.05) is 53.2 Å². The Kier molecular flexibility index (Phi) is 4.33. The first-order valence-electron chi connectivity index (χ1n) is 6.42. The summed E-state index contributed by atoms with van der Waals surface area (Å²) in [5, 5.41) is 10.4. The highest BCUT2D eigenvalue weighted by Crippen LogP contribution is 2.41. The molecule has 3 nitrogen and oxygen atoms in total. The van der Waals surface area contributed by atoms with Crippen LogP contribution in [-0.4, -0.2) is 16.0 Å². The Labute approximate surface area is 136 Å². The zero-order chi connectivity index (χ0) is 14.8. The van der Waals surface area contributed by atoms with Gasteiger partial charge in [0.2, 0.25) is 0 Å². The van der Waals surface area contributed by atoms with Gasteiger partial charge in [-0.3, -0.25) is 0 Å². The van der Waals surface area contributed by atoms with Crippen LogP contribution in [0.25, 0.3) is 20.9 Å². The zero-order valence-electron chi connectivity index (χ0n) is 11.6. The topological polar surface area (TPSA) is 38.9 Å². The Hall–Kier alpha value is -1.30. The van der Waals surface area contributed by atoms with Crippen LogP contribution in [0.2, 0.25) is 5.02 Å². The van der Waals surface area contributed by atoms with Crippen molar-refractivity contribution in [2.45, 2.75) is 19.1 Å². The number of thiophene rings is 1. The number of benzene rings is 1. The number of aromatic nitrogens is 2. The number of hydrogen-bond donors (Lipinski definition) is 0. The van der Waals surface area contributed by atoms with Gasteiger partial charge in [-0.05, 0) is 19.9 Å². The third-order valence-electron chi connectivity index (χ3n) is 2.83. The molecule has 0 aliphatic heterocycles. The molecule has 3 rings (SSSR count). The number of allylic oxidation sites excluding steroid dienone is 1. The molecule has 0 spiro atoms. The second-order valence-electron chi connectivity index (χ2n) is 4.71. The predicted octanol–water partition coefficient (Wildman–Crippen LogP) is 5.66. The Morgan fingerprint density at radius 1 is 1.33 bits per heavy atom. The molecule has 0 N–H and O–H groups in total. The molecule has 0 atom stereocenters. The lowest BCUT2D eigenvalue weighted by Gasteiger charge is -1.91. The van der Waals surface area contributed by atoms with Crippen molar-refractivity contribution in [2.24, 2.45) is 0 Å². The van der Waals surface area contributed by atoms with Crippen LogP contribution in [0.3, 0.4) is 0 Å². The van der Waals surface area contributed by atoms with Gasteiger partial charge in [0.05, 0.1) is 5.02 Å². The van der Waals surface area contributed by atoms with Crippen molar-refractivity contribution >= 4 is 44.8 Å². The van der Waals surface area contributed by atoms with Crippen LogP contribution in [0.5, 0.6) is 0 Å². The van der Waals surface area contributed by atoms with E-state index < -0.39 is 0 Å². The standard InChI is InChI=1S/C15H13ClN2OS2/c1-9(2)7-8-20-15-18-17-14(19-15)13-12(16)10-5-3-4-6-11(10)21-13/h3-7H,8H2,1-2H3. The zero-order valence-corrected chi connectivity index (χ0v) is 14.0. The molecule has 21 heavy (non-hydrogen) atoms. The fourth-order valence-electron chi connectivity index (χ4n) is 1.79. The molecule has 0 aliphatic rings. The van der Waals surface area contributed by atoms with E-state index in [9.17, 15) is 0 Å². The number of nitrogens with zero attached hydrogens (tertiary/aromatic N) is 2. The SMILES string of the molecule is CC(C)=CCSc1nnc(-c2sc3ccccc3c2Cl)o1. The van der Waals surface area contributed by atoms with Gasteiger partial charge in [0.15, 0.2) is 0 Å². The van der Waals surface area contributed by atoms with E-state index in [-0.39, 0.29) is 0 Å². The van der Waals surface area contributed by atoms with Gasteiger partial charge in [0.25, 0.3) is 11.1 Å². The average molecular weight is 337 g/mol. The molecule has 0 unspecified atom stereocenters. The summed E-state index contributed by atoms with van der Waals surface area (Å²) in [6.07, 6.45) is 2.13. The van der Waals surface area contributed by atoms with E-state index >= 15 is 0 Å². The third kappa shape index (κ3) is 3.15. The van der Waals surface area contributed by atoms with Crippen LogP contribution < -0.4 is 0 Å². The summed E-state index contributed by atoms with van der Waals surface area (Å²) in [6, 6.07) is 8.00. The minimum Gasteiger partial charge on any atom is -0.410 e. The summed E-state index contributed by atoms with van der Waals surface area (Å²) in [4.78, 5) is 0.833. The number of thioether (sulfide) groups is 1. The van der Waals surface area contributed by atoms with Crippen molar-refractivity contribution in [1.29, 1.82) is 0 Å². The van der Waals surface area contributed by atoms with Gasteiger partial charge >= 0.3 is 0 Å². The second-order valence-corrected chi connectivity index (χ2v) is 7.11. The molecular formula is C15H13ClN2OS2.